The van der Waals surface area contributed by atoms with Crippen molar-refractivity contribution in [1.29, 1.82) is 0 Å². The molecule has 6 nitrogen and oxygen atoms in total. The smallest absolute Gasteiger partial charge is 0.256 e. The van der Waals surface area contributed by atoms with E-state index >= 15 is 0 Å². The van der Waals surface area contributed by atoms with E-state index in [0.29, 0.717) is 17.2 Å². The van der Waals surface area contributed by atoms with Crippen molar-refractivity contribution in [2.24, 2.45) is 0 Å². The Labute approximate surface area is 200 Å². The van der Waals surface area contributed by atoms with E-state index in [9.17, 15) is 4.79 Å². The summed E-state index contributed by atoms with van der Waals surface area (Å²) >= 11 is 1.56. The van der Waals surface area contributed by atoms with Gasteiger partial charge in [0.25, 0.3) is 5.91 Å². The Morgan fingerprint density at radius 2 is 1.82 bits per heavy atom. The van der Waals surface area contributed by atoms with Crippen LogP contribution in [0.3, 0.4) is 0 Å². The highest BCUT2D eigenvalue weighted by Gasteiger charge is 2.25. The number of hydrogen-bond donors (Lipinski definition) is 0. The monoisotopic (exact) mass is 464 g/mol. The maximum Gasteiger partial charge on any atom is 0.256 e. The lowest BCUT2D eigenvalue weighted by Gasteiger charge is -2.35. The molecule has 174 valence electrons. The van der Waals surface area contributed by atoms with Crippen molar-refractivity contribution in [2.45, 2.75) is 50.9 Å². The summed E-state index contributed by atoms with van der Waals surface area (Å²) in [4.78, 5) is 22.2. The van der Waals surface area contributed by atoms with E-state index in [1.165, 1.54) is 11.1 Å². The molecule has 0 unspecified atom stereocenters. The topological polar surface area (TPSA) is 62.5 Å². The molecule has 1 fully saturated rings. The second-order valence-corrected chi connectivity index (χ2v) is 9.88. The zero-order valence-corrected chi connectivity index (χ0v) is 20.7. The third-order valence-electron chi connectivity index (χ3n) is 6.25. The molecule has 0 saturated carbocycles. The minimum Gasteiger partial charge on any atom is -0.361 e. The van der Waals surface area contributed by atoms with Gasteiger partial charge in [-0.15, -0.1) is 11.8 Å². The normalized spacial score (nSPS) is 14.8. The largest absolute Gasteiger partial charge is 0.361 e. The molecule has 1 aromatic carbocycles. The summed E-state index contributed by atoms with van der Waals surface area (Å²) < 4.78 is 5.26. The highest BCUT2D eigenvalue weighted by Crippen LogP contribution is 2.28. The minimum atomic E-state index is 0.0605. The second-order valence-electron chi connectivity index (χ2n) is 8.91. The van der Waals surface area contributed by atoms with Gasteiger partial charge in [0.05, 0.1) is 11.3 Å². The third-order valence-corrected chi connectivity index (χ3v) is 7.28. The van der Waals surface area contributed by atoms with Crippen LogP contribution in [0, 0.1) is 13.8 Å². The van der Waals surface area contributed by atoms with Crippen molar-refractivity contribution in [3.63, 3.8) is 0 Å². The quantitative estimate of drug-likeness (QED) is 0.456. The van der Waals surface area contributed by atoms with E-state index in [0.717, 1.165) is 54.8 Å². The molecule has 33 heavy (non-hydrogen) atoms. The van der Waals surface area contributed by atoms with Crippen LogP contribution in [0.15, 0.2) is 52.1 Å². The number of benzene rings is 1. The first-order valence-corrected chi connectivity index (χ1v) is 12.5. The zero-order chi connectivity index (χ0) is 23.4. The number of thioether (sulfide) groups is 1. The Bertz CT molecular complexity index is 1070. The Balaban J connectivity index is 1.35. The molecule has 0 bridgehead atoms. The van der Waals surface area contributed by atoms with Crippen LogP contribution >= 0.6 is 11.8 Å². The van der Waals surface area contributed by atoms with Crippen LogP contribution in [0.5, 0.6) is 0 Å². The van der Waals surface area contributed by atoms with Crippen molar-refractivity contribution in [2.75, 3.05) is 26.2 Å². The van der Waals surface area contributed by atoms with Crippen LogP contribution in [0.2, 0.25) is 0 Å². The summed E-state index contributed by atoms with van der Waals surface area (Å²) in [6, 6.07) is 12.6. The molecule has 1 amide bonds. The second kappa shape index (κ2) is 10.5. The zero-order valence-electron chi connectivity index (χ0n) is 19.9. The van der Waals surface area contributed by atoms with Gasteiger partial charge in [-0.3, -0.25) is 9.69 Å². The Hall–Kier alpha value is -2.64. The van der Waals surface area contributed by atoms with E-state index < -0.39 is 0 Å². The number of aromatic nitrogens is 2. The molecule has 1 saturated heterocycles. The lowest BCUT2D eigenvalue weighted by molar-refractivity contribution is 0.0624. The molecule has 0 radical (unpaired) electrons. The summed E-state index contributed by atoms with van der Waals surface area (Å²) in [5.74, 6) is 2.11. The Morgan fingerprint density at radius 3 is 2.45 bits per heavy atom. The standard InChI is InChI=1S/C26H32N4O2S/c1-18(2)22-9-7-21(8-10-22)16-29-12-14-30(15-13-29)26(31)23-6-5-11-27-25(23)33-17-24-19(3)28-32-20(24)4/h5-11,18H,12-17H2,1-4H3. The number of aryl methyl sites for hydroxylation is 2. The van der Waals surface area contributed by atoms with E-state index in [-0.39, 0.29) is 5.91 Å². The summed E-state index contributed by atoms with van der Waals surface area (Å²) in [7, 11) is 0. The summed E-state index contributed by atoms with van der Waals surface area (Å²) in [5, 5.41) is 4.78. The lowest BCUT2D eigenvalue weighted by atomic mass is 10.0. The van der Waals surface area contributed by atoms with Gasteiger partial charge in [0, 0.05) is 50.2 Å². The Kier molecular flexibility index (Phi) is 7.50. The van der Waals surface area contributed by atoms with Gasteiger partial charge in [0.1, 0.15) is 10.8 Å². The maximum absolute atomic E-state index is 13.3. The van der Waals surface area contributed by atoms with Crippen molar-refractivity contribution < 1.29 is 9.32 Å². The molecule has 3 aromatic rings. The molecule has 3 heterocycles. The number of carbonyl (C=O) groups is 1. The SMILES string of the molecule is Cc1noc(C)c1CSc1ncccc1C(=O)N1CCN(Cc2ccc(C(C)C)cc2)CC1. The third kappa shape index (κ3) is 5.65. The van der Waals surface area contributed by atoms with E-state index in [1.807, 2.05) is 30.9 Å². The fourth-order valence-corrected chi connectivity index (χ4v) is 5.20. The van der Waals surface area contributed by atoms with Crippen LogP contribution in [0.25, 0.3) is 0 Å². The summed E-state index contributed by atoms with van der Waals surface area (Å²) in [5.41, 5.74) is 5.32. The van der Waals surface area contributed by atoms with Crippen LogP contribution in [-0.2, 0) is 12.3 Å². The van der Waals surface area contributed by atoms with Gasteiger partial charge in [-0.1, -0.05) is 43.3 Å². The molecular weight excluding hydrogens is 432 g/mol. The highest BCUT2D eigenvalue weighted by molar-refractivity contribution is 7.98. The van der Waals surface area contributed by atoms with Gasteiger partial charge in [-0.05, 0) is 43.0 Å². The number of hydrogen-bond acceptors (Lipinski definition) is 6. The number of amides is 1. The van der Waals surface area contributed by atoms with Gasteiger partial charge in [-0.25, -0.2) is 4.98 Å². The van der Waals surface area contributed by atoms with E-state index in [1.54, 1.807) is 18.0 Å². The van der Waals surface area contributed by atoms with Gasteiger partial charge >= 0.3 is 0 Å². The van der Waals surface area contributed by atoms with Gasteiger partial charge < -0.3 is 9.42 Å². The predicted molar refractivity (Wildman–Crippen MR) is 131 cm³/mol. The predicted octanol–water partition coefficient (Wildman–Crippen LogP) is 5.06. The fourth-order valence-electron chi connectivity index (χ4n) is 4.06. The minimum absolute atomic E-state index is 0.0605. The van der Waals surface area contributed by atoms with Crippen molar-refractivity contribution in [3.05, 3.63) is 76.3 Å². The molecule has 2 aromatic heterocycles. The Morgan fingerprint density at radius 1 is 1.09 bits per heavy atom. The van der Waals surface area contributed by atoms with Gasteiger partial charge in [0.15, 0.2) is 0 Å². The van der Waals surface area contributed by atoms with E-state index in [4.69, 9.17) is 4.52 Å². The molecule has 0 aliphatic carbocycles. The summed E-state index contributed by atoms with van der Waals surface area (Å²) in [6.45, 7) is 12.4. The first-order chi connectivity index (χ1) is 15.9. The summed E-state index contributed by atoms with van der Waals surface area (Å²) in [6.07, 6.45) is 1.74. The molecular formula is C26H32N4O2S. The van der Waals surface area contributed by atoms with Crippen LogP contribution in [0.1, 0.15) is 58.3 Å². The number of carbonyl (C=O) groups excluding carboxylic acids is 1. The van der Waals surface area contributed by atoms with Crippen molar-refractivity contribution >= 4 is 17.7 Å². The van der Waals surface area contributed by atoms with Crippen molar-refractivity contribution in [1.82, 2.24) is 19.9 Å². The lowest BCUT2D eigenvalue weighted by Crippen LogP contribution is -2.48. The number of piperazine rings is 1. The first-order valence-electron chi connectivity index (χ1n) is 11.5. The number of pyridine rings is 1. The molecule has 0 N–H and O–H groups in total. The average Bonchev–Trinajstić information content (AvgIpc) is 3.15. The van der Waals surface area contributed by atoms with Gasteiger partial charge in [0.2, 0.25) is 0 Å². The number of nitrogens with zero attached hydrogens (tertiary/aromatic N) is 4. The fraction of sp³-hybridized carbons (Fsp3) is 0.423. The average molecular weight is 465 g/mol. The van der Waals surface area contributed by atoms with Gasteiger partial charge in [-0.2, -0.15) is 0 Å². The molecule has 0 spiro atoms. The van der Waals surface area contributed by atoms with Crippen LogP contribution in [0.4, 0.5) is 0 Å². The maximum atomic E-state index is 13.3. The molecule has 4 rings (SSSR count). The first kappa shape index (κ1) is 23.5. The number of rotatable bonds is 7. The highest BCUT2D eigenvalue weighted by atomic mass is 32.2. The van der Waals surface area contributed by atoms with E-state index in [2.05, 4.69) is 53.2 Å². The van der Waals surface area contributed by atoms with Crippen LogP contribution < -0.4 is 0 Å². The van der Waals surface area contributed by atoms with Crippen LogP contribution in [-0.4, -0.2) is 52.0 Å². The van der Waals surface area contributed by atoms with Crippen molar-refractivity contribution in [3.8, 4) is 0 Å². The molecule has 1 aliphatic rings. The molecule has 1 aliphatic heterocycles. The molecule has 0 atom stereocenters. The molecule has 7 heteroatoms.